The van der Waals surface area contributed by atoms with Crippen molar-refractivity contribution in [3.05, 3.63) is 85.5 Å². The average molecular weight is 510 g/mol. The fourth-order valence-corrected chi connectivity index (χ4v) is 5.04. The van der Waals surface area contributed by atoms with Gasteiger partial charge >= 0.3 is 5.97 Å². The molecule has 2 aliphatic rings. The highest BCUT2D eigenvalue weighted by Gasteiger charge is 2.38. The van der Waals surface area contributed by atoms with E-state index < -0.39 is 12.0 Å². The summed E-state index contributed by atoms with van der Waals surface area (Å²) in [5, 5.41) is 4.04. The Morgan fingerprint density at radius 2 is 1.84 bits per heavy atom. The second-order valence-electron chi connectivity index (χ2n) is 7.06. The van der Waals surface area contributed by atoms with Crippen LogP contribution in [0, 0.1) is 0 Å². The largest absolute Gasteiger partial charge is 0.486 e. The Bertz CT molecular complexity index is 1120. The van der Waals surface area contributed by atoms with E-state index in [1.54, 1.807) is 38.1 Å². The van der Waals surface area contributed by atoms with E-state index in [0.29, 0.717) is 32.1 Å². The molecule has 2 aromatic carbocycles. The molecule has 4 rings (SSSR count). The molecule has 0 saturated carbocycles. The van der Waals surface area contributed by atoms with Crippen molar-refractivity contribution in [3.63, 3.8) is 0 Å². The van der Waals surface area contributed by atoms with Crippen LogP contribution in [0.4, 0.5) is 0 Å². The highest BCUT2D eigenvalue weighted by atomic mass is 35.5. The molecule has 2 heterocycles. The highest BCUT2D eigenvalue weighted by Crippen LogP contribution is 2.44. The van der Waals surface area contributed by atoms with Gasteiger partial charge in [-0.15, -0.1) is 0 Å². The van der Waals surface area contributed by atoms with Gasteiger partial charge in [-0.2, -0.15) is 0 Å². The Hall–Kier alpha value is -2.12. The topological polar surface area (TPSA) is 51.1 Å². The normalized spacial score (nSPS) is 17.3. The lowest BCUT2D eigenvalue weighted by Gasteiger charge is -2.33. The van der Waals surface area contributed by atoms with Crippen molar-refractivity contribution in [1.82, 2.24) is 4.90 Å². The van der Waals surface area contributed by atoms with Gasteiger partial charge in [0.05, 0.1) is 34.0 Å². The van der Waals surface area contributed by atoms with Crippen molar-refractivity contribution in [1.29, 1.82) is 0 Å². The van der Waals surface area contributed by atoms with Gasteiger partial charge in [-0.05, 0) is 54.6 Å². The van der Waals surface area contributed by atoms with Crippen LogP contribution >= 0.6 is 46.6 Å². The van der Waals surface area contributed by atoms with Gasteiger partial charge in [0.15, 0.2) is 10.9 Å². The van der Waals surface area contributed by atoms with Crippen LogP contribution in [0.3, 0.4) is 0 Å². The standard InChI is InChI=1S/C23H19Cl3N2O3S/c1-3-30-22(29)19-13(2)27-23-28(8-9-32-23)20(19)15-10-17(25)21(18(26)11-15)31-12-14-4-6-16(24)7-5-14/h4-11,20H,3,12H2,1-2H3/t20-/m0/s1. The molecule has 2 aromatic rings. The lowest BCUT2D eigenvalue weighted by molar-refractivity contribution is -0.139. The summed E-state index contributed by atoms with van der Waals surface area (Å²) < 4.78 is 11.2. The van der Waals surface area contributed by atoms with Crippen molar-refractivity contribution in [2.24, 2.45) is 4.99 Å². The number of hydrogen-bond acceptors (Lipinski definition) is 6. The molecular formula is C23H19Cl3N2O3S. The molecule has 0 aliphatic carbocycles. The predicted octanol–water partition coefficient (Wildman–Crippen LogP) is 6.99. The van der Waals surface area contributed by atoms with Crippen LogP contribution in [-0.4, -0.2) is 22.6 Å². The van der Waals surface area contributed by atoms with Gasteiger partial charge in [-0.25, -0.2) is 9.79 Å². The molecule has 0 fully saturated rings. The number of hydrogen-bond donors (Lipinski definition) is 0. The molecule has 0 N–H and O–H groups in total. The number of thioether (sulfide) groups is 1. The van der Waals surface area contributed by atoms with E-state index in [1.807, 2.05) is 28.6 Å². The van der Waals surface area contributed by atoms with Crippen molar-refractivity contribution in [2.45, 2.75) is 26.5 Å². The molecule has 0 aromatic heterocycles. The summed E-state index contributed by atoms with van der Waals surface area (Å²) in [5.41, 5.74) is 2.72. The quantitative estimate of drug-likeness (QED) is 0.393. The molecule has 9 heteroatoms. The van der Waals surface area contributed by atoms with E-state index in [-0.39, 0.29) is 13.2 Å². The first kappa shape index (κ1) is 23.1. The van der Waals surface area contributed by atoms with Gasteiger partial charge in [0, 0.05) is 11.2 Å². The van der Waals surface area contributed by atoms with Crippen LogP contribution in [0.25, 0.3) is 0 Å². The minimum absolute atomic E-state index is 0.266. The van der Waals surface area contributed by atoms with E-state index in [0.717, 1.165) is 16.3 Å². The summed E-state index contributed by atoms with van der Waals surface area (Å²) in [6, 6.07) is 10.4. The van der Waals surface area contributed by atoms with Crippen LogP contribution in [0.5, 0.6) is 5.75 Å². The molecule has 166 valence electrons. The summed E-state index contributed by atoms with van der Waals surface area (Å²) in [4.78, 5) is 19.3. The Balaban J connectivity index is 1.67. The first-order valence-electron chi connectivity index (χ1n) is 9.83. The molecule has 0 saturated heterocycles. The second-order valence-corrected chi connectivity index (χ2v) is 9.18. The number of nitrogens with zero attached hydrogens (tertiary/aromatic N) is 2. The van der Waals surface area contributed by atoms with E-state index >= 15 is 0 Å². The van der Waals surface area contributed by atoms with Crippen molar-refractivity contribution < 1.29 is 14.3 Å². The lowest BCUT2D eigenvalue weighted by atomic mass is 9.94. The fraction of sp³-hybridized carbons (Fsp3) is 0.217. The second kappa shape index (κ2) is 9.79. The maximum atomic E-state index is 12.8. The van der Waals surface area contributed by atoms with E-state index in [2.05, 4.69) is 4.99 Å². The van der Waals surface area contributed by atoms with Crippen LogP contribution in [0.15, 0.2) is 64.3 Å². The van der Waals surface area contributed by atoms with Crippen molar-refractivity contribution in [3.8, 4) is 5.75 Å². The number of aliphatic imine (C=N–C) groups is 1. The van der Waals surface area contributed by atoms with E-state index in [1.165, 1.54) is 11.8 Å². The van der Waals surface area contributed by atoms with Gasteiger partial charge in [0.25, 0.3) is 0 Å². The summed E-state index contributed by atoms with van der Waals surface area (Å²) in [7, 11) is 0. The number of allylic oxidation sites excluding steroid dienone is 1. The molecule has 1 atom stereocenters. The molecule has 0 radical (unpaired) electrons. The van der Waals surface area contributed by atoms with Crippen LogP contribution in [-0.2, 0) is 16.1 Å². The highest BCUT2D eigenvalue weighted by molar-refractivity contribution is 8.16. The summed E-state index contributed by atoms with van der Waals surface area (Å²) in [6.07, 6.45) is 1.88. The molecule has 2 aliphatic heterocycles. The monoisotopic (exact) mass is 508 g/mol. The first-order valence-corrected chi connectivity index (χ1v) is 11.8. The molecule has 0 bridgehead atoms. The van der Waals surface area contributed by atoms with Gasteiger partial charge in [0.1, 0.15) is 6.61 Å². The Kier molecular flexibility index (Phi) is 7.05. The third-order valence-electron chi connectivity index (χ3n) is 4.95. The summed E-state index contributed by atoms with van der Waals surface area (Å²) in [6.45, 7) is 4.12. The summed E-state index contributed by atoms with van der Waals surface area (Å²) in [5.74, 6) is -0.0418. The average Bonchev–Trinajstić information content (AvgIpc) is 3.21. The number of halogens is 3. The Labute approximate surface area is 205 Å². The molecule has 0 amide bonds. The number of rotatable bonds is 6. The van der Waals surface area contributed by atoms with Gasteiger partial charge in [0.2, 0.25) is 0 Å². The number of fused-ring (bicyclic) bond motifs is 1. The smallest absolute Gasteiger partial charge is 0.338 e. The molecule has 32 heavy (non-hydrogen) atoms. The third-order valence-corrected chi connectivity index (χ3v) is 6.53. The van der Waals surface area contributed by atoms with Crippen LogP contribution < -0.4 is 4.74 Å². The zero-order valence-electron chi connectivity index (χ0n) is 17.3. The summed E-state index contributed by atoms with van der Waals surface area (Å²) >= 11 is 20.6. The lowest BCUT2D eigenvalue weighted by Crippen LogP contribution is -2.34. The zero-order chi connectivity index (χ0) is 22.8. The third kappa shape index (κ3) is 4.64. The number of carbonyl (C=O) groups excluding carboxylic acids is 1. The zero-order valence-corrected chi connectivity index (χ0v) is 20.4. The van der Waals surface area contributed by atoms with Crippen LogP contribution in [0.1, 0.15) is 31.0 Å². The fourth-order valence-electron chi connectivity index (χ4n) is 3.51. The maximum absolute atomic E-state index is 12.8. The van der Waals surface area contributed by atoms with E-state index in [4.69, 9.17) is 44.3 Å². The minimum Gasteiger partial charge on any atom is -0.486 e. The molecule has 0 unspecified atom stereocenters. The number of benzene rings is 2. The SMILES string of the molecule is CCOC(=O)C1=C(C)N=C2SC=CN2[C@H]1c1cc(Cl)c(OCc2ccc(Cl)cc2)c(Cl)c1. The molecule has 5 nitrogen and oxygen atoms in total. The minimum atomic E-state index is -0.465. The Morgan fingerprint density at radius 3 is 2.50 bits per heavy atom. The van der Waals surface area contributed by atoms with Crippen molar-refractivity contribution in [2.75, 3.05) is 6.61 Å². The van der Waals surface area contributed by atoms with Gasteiger partial charge in [-0.3, -0.25) is 0 Å². The number of esters is 1. The maximum Gasteiger partial charge on any atom is 0.338 e. The Morgan fingerprint density at radius 1 is 1.16 bits per heavy atom. The van der Waals surface area contributed by atoms with E-state index in [9.17, 15) is 4.79 Å². The predicted molar refractivity (Wildman–Crippen MR) is 130 cm³/mol. The van der Waals surface area contributed by atoms with Gasteiger partial charge in [-0.1, -0.05) is 58.7 Å². The molecule has 0 spiro atoms. The van der Waals surface area contributed by atoms with Gasteiger partial charge < -0.3 is 14.4 Å². The van der Waals surface area contributed by atoms with Crippen molar-refractivity contribution >= 4 is 57.7 Å². The van der Waals surface area contributed by atoms with Crippen LogP contribution in [0.2, 0.25) is 15.1 Å². The molecular weight excluding hydrogens is 491 g/mol. The first-order chi connectivity index (χ1) is 15.4. The number of carbonyl (C=O) groups is 1. The number of ether oxygens (including phenoxy) is 2. The number of amidine groups is 1.